The summed E-state index contributed by atoms with van der Waals surface area (Å²) in [5.74, 6) is -0.0614. The lowest BCUT2D eigenvalue weighted by Crippen LogP contribution is -2.11. The van der Waals surface area contributed by atoms with Gasteiger partial charge in [0.2, 0.25) is 0 Å². The molecule has 0 aliphatic heterocycles. The zero-order chi connectivity index (χ0) is 15.6. The molecule has 0 radical (unpaired) electrons. The third kappa shape index (κ3) is 4.06. The molecule has 0 unspecified atom stereocenters. The van der Waals surface area contributed by atoms with Crippen molar-refractivity contribution in [3.8, 4) is 11.5 Å². The second kappa shape index (κ2) is 7.38. The van der Waals surface area contributed by atoms with Crippen molar-refractivity contribution in [2.45, 2.75) is 20.8 Å². The summed E-state index contributed by atoms with van der Waals surface area (Å²) in [4.78, 5) is 22.5. The Kier molecular flexibility index (Phi) is 6.70. The van der Waals surface area contributed by atoms with Crippen LogP contribution in [-0.2, 0) is 9.59 Å². The molecule has 0 aliphatic carbocycles. The van der Waals surface area contributed by atoms with Crippen LogP contribution in [0.15, 0.2) is 6.58 Å². The summed E-state index contributed by atoms with van der Waals surface area (Å²) in [6.07, 6.45) is 0. The van der Waals surface area contributed by atoms with Crippen molar-refractivity contribution in [2.75, 3.05) is 0 Å². The van der Waals surface area contributed by atoms with Crippen LogP contribution in [0, 0.1) is 10.7 Å². The van der Waals surface area contributed by atoms with Gasteiger partial charge in [0.05, 0.1) is 7.14 Å². The summed E-state index contributed by atoms with van der Waals surface area (Å²) in [5.41, 5.74) is 1.62. The Morgan fingerprint density at radius 1 is 0.850 bits per heavy atom. The highest BCUT2D eigenvalue weighted by molar-refractivity contribution is 14.1. The second-order valence-electron chi connectivity index (χ2n) is 3.94. The van der Waals surface area contributed by atoms with Crippen LogP contribution in [0.4, 0.5) is 0 Å². The summed E-state index contributed by atoms with van der Waals surface area (Å²) in [6, 6.07) is 0. The normalized spacial score (nSPS) is 10.1. The van der Waals surface area contributed by atoms with E-state index in [1.807, 2.05) is 29.5 Å². The molecule has 0 heterocycles. The molecule has 7 heteroatoms. The minimum Gasteiger partial charge on any atom is -0.424 e. The van der Waals surface area contributed by atoms with Crippen molar-refractivity contribution in [1.82, 2.24) is 0 Å². The summed E-state index contributed by atoms with van der Waals surface area (Å²) in [7, 11) is 0. The van der Waals surface area contributed by atoms with Crippen LogP contribution in [0.3, 0.4) is 0 Å². The standard InChI is InChI=1S/C13H11I3O4/c1-5(2)8-9(14)12(19-6(3)17)11(16)13(10(8)15)20-7(4)18/h1H2,2-4H3. The topological polar surface area (TPSA) is 52.6 Å². The lowest BCUT2D eigenvalue weighted by molar-refractivity contribution is -0.132. The Balaban J connectivity index is 3.68. The van der Waals surface area contributed by atoms with Gasteiger partial charge < -0.3 is 9.47 Å². The van der Waals surface area contributed by atoms with Crippen molar-refractivity contribution < 1.29 is 19.1 Å². The highest BCUT2D eigenvalue weighted by atomic mass is 127. The Morgan fingerprint density at radius 2 is 1.20 bits per heavy atom. The number of carbonyl (C=O) groups excluding carboxylic acids is 2. The Labute approximate surface area is 158 Å². The molecule has 0 saturated heterocycles. The first-order valence-corrected chi connectivity index (χ1v) is 8.63. The molecule has 4 nitrogen and oxygen atoms in total. The first kappa shape index (κ1) is 18.1. The van der Waals surface area contributed by atoms with E-state index in [-0.39, 0.29) is 0 Å². The molecule has 20 heavy (non-hydrogen) atoms. The summed E-state index contributed by atoms with van der Waals surface area (Å²) < 4.78 is 12.6. The molecule has 0 aromatic heterocycles. The van der Waals surface area contributed by atoms with E-state index in [9.17, 15) is 9.59 Å². The third-order valence-electron chi connectivity index (χ3n) is 2.15. The highest BCUT2D eigenvalue weighted by Crippen LogP contribution is 2.43. The van der Waals surface area contributed by atoms with Gasteiger partial charge >= 0.3 is 11.9 Å². The molecule has 0 N–H and O–H groups in total. The summed E-state index contributed by atoms with van der Waals surface area (Å²) >= 11 is 6.21. The number of allylic oxidation sites excluding steroid dienone is 1. The molecule has 0 saturated carbocycles. The number of halogens is 3. The molecule has 0 bridgehead atoms. The lowest BCUT2D eigenvalue weighted by atomic mass is 10.1. The van der Waals surface area contributed by atoms with Crippen molar-refractivity contribution in [3.05, 3.63) is 22.9 Å². The second-order valence-corrected chi connectivity index (χ2v) is 7.18. The molecule has 0 fully saturated rings. The van der Waals surface area contributed by atoms with Crippen molar-refractivity contribution >= 4 is 85.3 Å². The molecule has 108 valence electrons. The fourth-order valence-corrected chi connectivity index (χ4v) is 5.99. The van der Waals surface area contributed by atoms with Gasteiger partial charge in [-0.3, -0.25) is 9.59 Å². The molecule has 1 aromatic rings. The number of rotatable bonds is 3. The SMILES string of the molecule is C=C(C)c1c(I)c(OC(C)=O)c(I)c(OC(C)=O)c1I. The average Bonchev–Trinajstić information content (AvgIpc) is 2.29. The van der Waals surface area contributed by atoms with Crippen molar-refractivity contribution in [1.29, 1.82) is 0 Å². The number of esters is 2. The van der Waals surface area contributed by atoms with Crippen LogP contribution in [0.25, 0.3) is 5.57 Å². The van der Waals surface area contributed by atoms with E-state index in [1.54, 1.807) is 0 Å². The average molecular weight is 612 g/mol. The number of ether oxygens (including phenoxy) is 2. The maximum atomic E-state index is 11.3. The monoisotopic (exact) mass is 612 g/mol. The number of carbonyl (C=O) groups is 2. The van der Waals surface area contributed by atoms with E-state index in [0.29, 0.717) is 15.1 Å². The fourth-order valence-electron chi connectivity index (χ4n) is 1.46. The highest BCUT2D eigenvalue weighted by Gasteiger charge is 2.24. The van der Waals surface area contributed by atoms with E-state index < -0.39 is 11.9 Å². The van der Waals surface area contributed by atoms with Crippen LogP contribution in [0.1, 0.15) is 26.3 Å². The van der Waals surface area contributed by atoms with Crippen LogP contribution in [0.5, 0.6) is 11.5 Å². The number of hydrogen-bond donors (Lipinski definition) is 0. The van der Waals surface area contributed by atoms with Gasteiger partial charge in [-0.2, -0.15) is 0 Å². The summed E-state index contributed by atoms with van der Waals surface area (Å²) in [6.45, 7) is 8.43. The minimum atomic E-state index is -0.427. The third-order valence-corrected chi connectivity index (χ3v) is 5.19. The summed E-state index contributed by atoms with van der Waals surface area (Å²) in [5, 5.41) is 0. The molecular weight excluding hydrogens is 601 g/mol. The van der Waals surface area contributed by atoms with Crippen molar-refractivity contribution in [3.63, 3.8) is 0 Å². The quantitative estimate of drug-likeness (QED) is 0.289. The largest absolute Gasteiger partial charge is 0.424 e. The lowest BCUT2D eigenvalue weighted by Gasteiger charge is -2.18. The maximum absolute atomic E-state index is 11.3. The maximum Gasteiger partial charge on any atom is 0.308 e. The van der Waals surface area contributed by atoms with Crippen LogP contribution in [0.2, 0.25) is 0 Å². The molecule has 1 rings (SSSR count). The Hall–Kier alpha value is 0.0900. The molecule has 0 spiro atoms. The van der Waals surface area contributed by atoms with Gasteiger partial charge in [-0.25, -0.2) is 0 Å². The van der Waals surface area contributed by atoms with E-state index >= 15 is 0 Å². The Bertz CT molecular complexity index is 565. The van der Waals surface area contributed by atoms with E-state index in [4.69, 9.17) is 9.47 Å². The van der Waals surface area contributed by atoms with Crippen LogP contribution >= 0.6 is 67.8 Å². The van der Waals surface area contributed by atoms with Crippen LogP contribution in [-0.4, -0.2) is 11.9 Å². The van der Waals surface area contributed by atoms with Gasteiger partial charge in [0, 0.05) is 19.4 Å². The van der Waals surface area contributed by atoms with E-state index in [0.717, 1.165) is 18.3 Å². The molecule has 0 aliphatic rings. The van der Waals surface area contributed by atoms with E-state index in [2.05, 4.69) is 51.8 Å². The Morgan fingerprint density at radius 3 is 1.45 bits per heavy atom. The zero-order valence-corrected chi connectivity index (χ0v) is 17.4. The van der Waals surface area contributed by atoms with Gasteiger partial charge in [-0.15, -0.1) is 0 Å². The minimum absolute atomic E-state index is 0.397. The molecule has 0 atom stereocenters. The number of benzene rings is 1. The molecule has 0 amide bonds. The van der Waals surface area contributed by atoms with E-state index in [1.165, 1.54) is 13.8 Å². The van der Waals surface area contributed by atoms with Gasteiger partial charge in [0.25, 0.3) is 0 Å². The van der Waals surface area contributed by atoms with Gasteiger partial charge in [0.15, 0.2) is 11.5 Å². The van der Waals surface area contributed by atoms with Crippen molar-refractivity contribution in [2.24, 2.45) is 0 Å². The molecule has 1 aromatic carbocycles. The molecular formula is C13H11I3O4. The number of hydrogen-bond acceptors (Lipinski definition) is 4. The fraction of sp³-hybridized carbons (Fsp3) is 0.231. The first-order chi connectivity index (χ1) is 9.16. The predicted molar refractivity (Wildman–Crippen MR) is 102 cm³/mol. The smallest absolute Gasteiger partial charge is 0.308 e. The van der Waals surface area contributed by atoms with Gasteiger partial charge in [-0.1, -0.05) is 6.58 Å². The van der Waals surface area contributed by atoms with Gasteiger partial charge in [0.1, 0.15) is 3.57 Å². The first-order valence-electron chi connectivity index (χ1n) is 5.40. The zero-order valence-electron chi connectivity index (χ0n) is 11.0. The predicted octanol–water partition coefficient (Wildman–Crippen LogP) is 4.38. The van der Waals surface area contributed by atoms with Crippen LogP contribution < -0.4 is 9.47 Å². The van der Waals surface area contributed by atoms with Gasteiger partial charge in [-0.05, 0) is 80.3 Å².